The van der Waals surface area contributed by atoms with Gasteiger partial charge in [0.25, 0.3) is 0 Å². The van der Waals surface area contributed by atoms with E-state index in [0.29, 0.717) is 5.75 Å². The molecule has 0 fully saturated rings. The minimum absolute atomic E-state index is 0.0244. The van der Waals surface area contributed by atoms with Gasteiger partial charge in [-0.1, -0.05) is 23.8 Å². The van der Waals surface area contributed by atoms with Crippen LogP contribution in [0.25, 0.3) is 0 Å². The van der Waals surface area contributed by atoms with Crippen molar-refractivity contribution < 1.29 is 9.00 Å². The number of hydrogen-bond donors (Lipinski definition) is 0. The molecule has 118 valence electrons. The Bertz CT molecular complexity index is 516. The molecule has 0 saturated heterocycles. The average Bonchev–Trinajstić information content (AvgIpc) is 2.32. The quantitative estimate of drug-likeness (QED) is 0.809. The molecule has 3 nitrogen and oxygen atoms in total. The van der Waals surface area contributed by atoms with Crippen LogP contribution in [0.2, 0.25) is 0 Å². The topological polar surface area (TPSA) is 37.4 Å². The van der Waals surface area contributed by atoms with E-state index in [1.807, 2.05) is 53.7 Å². The largest absolute Gasteiger partial charge is 0.337 e. The highest BCUT2D eigenvalue weighted by atomic mass is 32.2. The van der Waals surface area contributed by atoms with E-state index >= 15 is 0 Å². The van der Waals surface area contributed by atoms with Gasteiger partial charge in [-0.05, 0) is 52.7 Å². The van der Waals surface area contributed by atoms with Crippen LogP contribution in [0.1, 0.15) is 44.4 Å². The third-order valence-electron chi connectivity index (χ3n) is 3.51. The monoisotopic (exact) mass is 309 g/mol. The summed E-state index contributed by atoms with van der Waals surface area (Å²) < 4.78 is 12.3. The summed E-state index contributed by atoms with van der Waals surface area (Å²) in [5, 5.41) is 0. The highest BCUT2D eigenvalue weighted by Crippen LogP contribution is 2.14. The lowest BCUT2D eigenvalue weighted by Gasteiger charge is -2.30. The Hall–Kier alpha value is -1.16. The molecule has 0 N–H and O–H groups in total. The van der Waals surface area contributed by atoms with Crippen molar-refractivity contribution in [2.75, 3.05) is 5.75 Å². The number of amides is 1. The Morgan fingerprint density at radius 2 is 1.71 bits per heavy atom. The predicted molar refractivity (Wildman–Crippen MR) is 89.7 cm³/mol. The normalized spacial score (nSPS) is 12.8. The van der Waals surface area contributed by atoms with Crippen molar-refractivity contribution in [3.8, 4) is 0 Å². The number of nitrogens with zero attached hydrogens (tertiary/aromatic N) is 1. The van der Waals surface area contributed by atoms with Crippen LogP contribution in [0.3, 0.4) is 0 Å². The van der Waals surface area contributed by atoms with Crippen LogP contribution in [0.15, 0.2) is 18.2 Å². The summed E-state index contributed by atoms with van der Waals surface area (Å²) >= 11 is 0. The Balaban J connectivity index is 2.73. The zero-order valence-corrected chi connectivity index (χ0v) is 14.8. The van der Waals surface area contributed by atoms with Crippen molar-refractivity contribution in [3.63, 3.8) is 0 Å². The summed E-state index contributed by atoms with van der Waals surface area (Å²) in [4.78, 5) is 14.1. The molecular formula is C17H27NO2S. The van der Waals surface area contributed by atoms with Crippen LogP contribution in [-0.2, 0) is 21.3 Å². The highest BCUT2D eigenvalue weighted by molar-refractivity contribution is 7.84. The van der Waals surface area contributed by atoms with E-state index in [1.54, 1.807) is 4.90 Å². The molecule has 1 unspecified atom stereocenters. The lowest BCUT2D eigenvalue weighted by molar-refractivity contribution is -0.131. The van der Waals surface area contributed by atoms with E-state index in [0.717, 1.165) is 16.7 Å². The molecule has 21 heavy (non-hydrogen) atoms. The molecule has 1 aromatic rings. The average molecular weight is 309 g/mol. The molecule has 4 heteroatoms. The lowest BCUT2D eigenvalue weighted by atomic mass is 10.1. The van der Waals surface area contributed by atoms with Gasteiger partial charge in [-0.3, -0.25) is 9.00 Å². The van der Waals surface area contributed by atoms with Crippen molar-refractivity contribution in [1.82, 2.24) is 4.90 Å². The molecule has 1 aromatic carbocycles. The molecule has 0 aliphatic carbocycles. The number of carbonyl (C=O) groups is 1. The maximum absolute atomic E-state index is 12.3. The van der Waals surface area contributed by atoms with Crippen molar-refractivity contribution in [1.29, 1.82) is 0 Å². The second kappa shape index (κ2) is 7.74. The van der Waals surface area contributed by atoms with Crippen LogP contribution in [0.4, 0.5) is 0 Å². The molecule has 1 rings (SSSR count). The van der Waals surface area contributed by atoms with E-state index < -0.39 is 10.8 Å². The Morgan fingerprint density at radius 3 is 2.24 bits per heavy atom. The number of benzene rings is 1. The molecule has 0 radical (unpaired) electrons. The number of rotatable bonds is 6. The summed E-state index contributed by atoms with van der Waals surface area (Å²) in [6.07, 6.45) is 0. The minimum atomic E-state index is -1.16. The molecule has 0 spiro atoms. The van der Waals surface area contributed by atoms with Crippen molar-refractivity contribution in [2.24, 2.45) is 0 Å². The fraction of sp³-hybridized carbons (Fsp3) is 0.588. The Kier molecular flexibility index (Phi) is 6.59. The van der Waals surface area contributed by atoms with Crippen molar-refractivity contribution in [3.05, 3.63) is 34.9 Å². The van der Waals surface area contributed by atoms with Crippen LogP contribution in [-0.4, -0.2) is 32.9 Å². The minimum Gasteiger partial charge on any atom is -0.337 e. The molecule has 0 bridgehead atoms. The maximum atomic E-state index is 12.3. The standard InChI is InChI=1S/C17H27NO2S/c1-12(2)18(13(3)4)17(19)11-21(20)10-16-9-14(5)7-8-15(16)6/h7-9,12-13H,10-11H2,1-6H3. The summed E-state index contributed by atoms with van der Waals surface area (Å²) in [7, 11) is -1.16. The molecule has 0 heterocycles. The molecule has 0 saturated carbocycles. The molecule has 1 atom stereocenters. The van der Waals surface area contributed by atoms with Gasteiger partial charge >= 0.3 is 0 Å². The van der Waals surface area contributed by atoms with E-state index in [1.165, 1.54) is 0 Å². The second-order valence-electron chi connectivity index (χ2n) is 6.15. The van der Waals surface area contributed by atoms with Crippen LogP contribution in [0, 0.1) is 13.8 Å². The molecule has 0 aliphatic heterocycles. The molecule has 0 aliphatic rings. The number of carbonyl (C=O) groups excluding carboxylic acids is 1. The SMILES string of the molecule is Cc1ccc(C)c(CS(=O)CC(=O)N(C(C)C)C(C)C)c1. The van der Waals surface area contributed by atoms with Crippen molar-refractivity contribution in [2.45, 2.75) is 59.4 Å². The third-order valence-corrected chi connectivity index (χ3v) is 4.71. The van der Waals surface area contributed by atoms with Gasteiger partial charge < -0.3 is 4.90 Å². The van der Waals surface area contributed by atoms with E-state index in [4.69, 9.17) is 0 Å². The van der Waals surface area contributed by atoms with Gasteiger partial charge in [0, 0.05) is 28.6 Å². The van der Waals surface area contributed by atoms with Crippen LogP contribution >= 0.6 is 0 Å². The first-order valence-corrected chi connectivity index (χ1v) is 8.93. The fourth-order valence-corrected chi connectivity index (χ4v) is 3.75. The highest BCUT2D eigenvalue weighted by Gasteiger charge is 2.22. The summed E-state index contributed by atoms with van der Waals surface area (Å²) in [5.41, 5.74) is 3.36. The van der Waals surface area contributed by atoms with Gasteiger partial charge in [-0.25, -0.2) is 0 Å². The maximum Gasteiger partial charge on any atom is 0.235 e. The van der Waals surface area contributed by atoms with Gasteiger partial charge in [-0.2, -0.15) is 0 Å². The summed E-state index contributed by atoms with van der Waals surface area (Å²) in [6.45, 7) is 12.0. The fourth-order valence-electron chi connectivity index (χ4n) is 2.56. The lowest BCUT2D eigenvalue weighted by Crippen LogP contribution is -2.44. The van der Waals surface area contributed by atoms with Gasteiger partial charge in [0.1, 0.15) is 5.75 Å². The number of hydrogen-bond acceptors (Lipinski definition) is 2. The molecule has 1 amide bonds. The smallest absolute Gasteiger partial charge is 0.235 e. The molecule has 0 aromatic heterocycles. The van der Waals surface area contributed by atoms with E-state index in [-0.39, 0.29) is 23.7 Å². The third kappa shape index (κ3) is 5.27. The first-order chi connectivity index (χ1) is 9.72. The summed E-state index contributed by atoms with van der Waals surface area (Å²) in [5.74, 6) is 0.524. The first-order valence-electron chi connectivity index (χ1n) is 7.44. The Labute approximate surface area is 131 Å². The van der Waals surface area contributed by atoms with Gasteiger partial charge in [0.15, 0.2) is 0 Å². The van der Waals surface area contributed by atoms with Crippen LogP contribution < -0.4 is 0 Å². The van der Waals surface area contributed by atoms with E-state index in [2.05, 4.69) is 6.07 Å². The zero-order chi connectivity index (χ0) is 16.2. The zero-order valence-electron chi connectivity index (χ0n) is 14.0. The summed E-state index contributed by atoms with van der Waals surface area (Å²) in [6, 6.07) is 6.41. The van der Waals surface area contributed by atoms with E-state index in [9.17, 15) is 9.00 Å². The van der Waals surface area contributed by atoms with Gasteiger partial charge in [0.05, 0.1) is 0 Å². The van der Waals surface area contributed by atoms with Gasteiger partial charge in [-0.15, -0.1) is 0 Å². The second-order valence-corrected chi connectivity index (χ2v) is 7.60. The van der Waals surface area contributed by atoms with Crippen molar-refractivity contribution >= 4 is 16.7 Å². The van der Waals surface area contributed by atoms with Crippen LogP contribution in [0.5, 0.6) is 0 Å². The predicted octanol–water partition coefficient (Wildman–Crippen LogP) is 3.20. The molecular weight excluding hydrogens is 282 g/mol. The van der Waals surface area contributed by atoms with Gasteiger partial charge in [0.2, 0.25) is 5.91 Å². The Morgan fingerprint density at radius 1 is 1.14 bits per heavy atom. The number of aryl methyl sites for hydroxylation is 2. The first kappa shape index (κ1) is 17.9.